The summed E-state index contributed by atoms with van der Waals surface area (Å²) in [5, 5.41) is 2.38. The molecule has 3 N–H and O–H groups in total. The van der Waals surface area contributed by atoms with Crippen LogP contribution in [0.25, 0.3) is 0 Å². The maximum absolute atomic E-state index is 13.3. The standard InChI is InChI=1S/C11H13BrF2N2O/c1-6(5-15)2-11(17)16-10-3-7(12)8(13)4-9(10)14/h3-4,6H,2,5,15H2,1H3,(H,16,17). The SMILES string of the molecule is CC(CN)CC(=O)Nc1cc(Br)c(F)cc1F. The fourth-order valence-corrected chi connectivity index (χ4v) is 1.56. The molecule has 0 aromatic heterocycles. The fraction of sp³-hybridized carbons (Fsp3) is 0.364. The van der Waals surface area contributed by atoms with Crippen molar-refractivity contribution in [3.05, 3.63) is 28.2 Å². The van der Waals surface area contributed by atoms with Crippen LogP contribution in [-0.4, -0.2) is 12.5 Å². The second-order valence-corrected chi connectivity index (χ2v) is 4.69. The molecular formula is C11H13BrF2N2O. The number of halogens is 3. The number of carbonyl (C=O) groups is 1. The largest absolute Gasteiger partial charge is 0.330 e. The van der Waals surface area contributed by atoms with E-state index < -0.39 is 11.6 Å². The van der Waals surface area contributed by atoms with Gasteiger partial charge in [-0.3, -0.25) is 4.79 Å². The number of rotatable bonds is 4. The summed E-state index contributed by atoms with van der Waals surface area (Å²) in [5.74, 6) is -1.85. The van der Waals surface area contributed by atoms with Crippen LogP contribution >= 0.6 is 15.9 Å². The van der Waals surface area contributed by atoms with Crippen molar-refractivity contribution in [3.63, 3.8) is 0 Å². The Morgan fingerprint density at radius 1 is 1.47 bits per heavy atom. The summed E-state index contributed by atoms with van der Waals surface area (Å²) in [4.78, 5) is 11.5. The molecule has 0 radical (unpaired) electrons. The van der Waals surface area contributed by atoms with Crippen molar-refractivity contribution < 1.29 is 13.6 Å². The lowest BCUT2D eigenvalue weighted by Crippen LogP contribution is -2.20. The predicted octanol–water partition coefficient (Wildman–Crippen LogP) is 2.65. The van der Waals surface area contributed by atoms with E-state index in [1.54, 1.807) is 0 Å². The highest BCUT2D eigenvalue weighted by Gasteiger charge is 2.12. The highest BCUT2D eigenvalue weighted by molar-refractivity contribution is 9.10. The van der Waals surface area contributed by atoms with Crippen LogP contribution in [0.1, 0.15) is 13.3 Å². The fourth-order valence-electron chi connectivity index (χ4n) is 1.22. The summed E-state index contributed by atoms with van der Waals surface area (Å²) < 4.78 is 26.4. The van der Waals surface area contributed by atoms with E-state index in [-0.39, 0.29) is 28.4 Å². The van der Waals surface area contributed by atoms with Gasteiger partial charge >= 0.3 is 0 Å². The first-order valence-electron chi connectivity index (χ1n) is 5.08. The Morgan fingerprint density at radius 2 is 2.12 bits per heavy atom. The van der Waals surface area contributed by atoms with Gasteiger partial charge in [0.05, 0.1) is 10.2 Å². The van der Waals surface area contributed by atoms with Gasteiger partial charge in [0.15, 0.2) is 0 Å². The van der Waals surface area contributed by atoms with Crippen molar-refractivity contribution in [1.82, 2.24) is 0 Å². The molecule has 1 amide bonds. The third-order valence-corrected chi connectivity index (χ3v) is 2.83. The Balaban J connectivity index is 2.75. The number of hydrogen-bond donors (Lipinski definition) is 2. The molecule has 6 heteroatoms. The Hall–Kier alpha value is -1.01. The van der Waals surface area contributed by atoms with Gasteiger partial charge in [-0.1, -0.05) is 6.92 Å². The highest BCUT2D eigenvalue weighted by atomic mass is 79.9. The number of hydrogen-bond acceptors (Lipinski definition) is 2. The lowest BCUT2D eigenvalue weighted by atomic mass is 10.1. The molecule has 94 valence electrons. The molecule has 1 aromatic carbocycles. The summed E-state index contributed by atoms with van der Waals surface area (Å²) >= 11 is 2.92. The quantitative estimate of drug-likeness (QED) is 0.840. The molecule has 0 aliphatic heterocycles. The molecule has 3 nitrogen and oxygen atoms in total. The second-order valence-electron chi connectivity index (χ2n) is 3.84. The zero-order chi connectivity index (χ0) is 13.0. The summed E-state index contributed by atoms with van der Waals surface area (Å²) in [7, 11) is 0. The zero-order valence-electron chi connectivity index (χ0n) is 9.27. The molecule has 0 saturated heterocycles. The number of amides is 1. The van der Waals surface area contributed by atoms with Crippen LogP contribution in [0.3, 0.4) is 0 Å². The van der Waals surface area contributed by atoms with Crippen LogP contribution < -0.4 is 11.1 Å². The molecule has 0 fully saturated rings. The molecule has 0 spiro atoms. The number of carbonyl (C=O) groups excluding carboxylic acids is 1. The van der Waals surface area contributed by atoms with E-state index in [1.165, 1.54) is 6.07 Å². The minimum Gasteiger partial charge on any atom is -0.330 e. The van der Waals surface area contributed by atoms with E-state index in [0.717, 1.165) is 0 Å². The summed E-state index contributed by atoms with van der Waals surface area (Å²) in [5.41, 5.74) is 5.33. The first kappa shape index (κ1) is 14.1. The van der Waals surface area contributed by atoms with Crippen molar-refractivity contribution in [2.45, 2.75) is 13.3 Å². The van der Waals surface area contributed by atoms with E-state index in [9.17, 15) is 13.6 Å². The molecule has 1 atom stereocenters. The maximum atomic E-state index is 13.3. The lowest BCUT2D eigenvalue weighted by Gasteiger charge is -2.10. The molecule has 1 rings (SSSR count). The molecule has 1 aromatic rings. The van der Waals surface area contributed by atoms with E-state index in [1.807, 2.05) is 6.92 Å². The van der Waals surface area contributed by atoms with E-state index >= 15 is 0 Å². The first-order valence-corrected chi connectivity index (χ1v) is 5.87. The monoisotopic (exact) mass is 306 g/mol. The third-order valence-electron chi connectivity index (χ3n) is 2.22. The molecular weight excluding hydrogens is 294 g/mol. The lowest BCUT2D eigenvalue weighted by molar-refractivity contribution is -0.116. The Morgan fingerprint density at radius 3 is 2.71 bits per heavy atom. The van der Waals surface area contributed by atoms with Crippen molar-refractivity contribution in [2.75, 3.05) is 11.9 Å². The van der Waals surface area contributed by atoms with Crippen LogP contribution in [0.5, 0.6) is 0 Å². The first-order chi connectivity index (χ1) is 7.93. The van der Waals surface area contributed by atoms with Crippen LogP contribution in [0.4, 0.5) is 14.5 Å². The smallest absolute Gasteiger partial charge is 0.224 e. The average molecular weight is 307 g/mol. The number of nitrogens with one attached hydrogen (secondary N) is 1. The third kappa shape index (κ3) is 4.05. The van der Waals surface area contributed by atoms with Gasteiger partial charge in [-0.15, -0.1) is 0 Å². The van der Waals surface area contributed by atoms with Crippen molar-refractivity contribution >= 4 is 27.5 Å². The summed E-state index contributed by atoms with van der Waals surface area (Å²) in [6, 6.07) is 1.90. The Labute approximate surface area is 107 Å². The molecule has 0 heterocycles. The Bertz CT molecular complexity index is 426. The van der Waals surface area contributed by atoms with Gasteiger partial charge in [-0.25, -0.2) is 8.78 Å². The van der Waals surface area contributed by atoms with Gasteiger partial charge < -0.3 is 11.1 Å². The minimum absolute atomic E-state index is 0.0157. The van der Waals surface area contributed by atoms with E-state index in [4.69, 9.17) is 5.73 Å². The highest BCUT2D eigenvalue weighted by Crippen LogP contribution is 2.23. The average Bonchev–Trinajstić information content (AvgIpc) is 2.25. The van der Waals surface area contributed by atoms with Crippen molar-refractivity contribution in [2.24, 2.45) is 11.7 Å². The topological polar surface area (TPSA) is 55.1 Å². The number of nitrogens with two attached hydrogens (primary N) is 1. The van der Waals surface area contributed by atoms with Crippen LogP contribution in [0.2, 0.25) is 0 Å². The summed E-state index contributed by atoms with van der Waals surface area (Å²) in [6.45, 7) is 2.19. The van der Waals surface area contributed by atoms with Gasteiger partial charge in [0.2, 0.25) is 5.91 Å². The van der Waals surface area contributed by atoms with Crippen LogP contribution in [0.15, 0.2) is 16.6 Å². The van der Waals surface area contributed by atoms with Gasteiger partial charge in [0.25, 0.3) is 0 Å². The summed E-state index contributed by atoms with van der Waals surface area (Å²) in [6.07, 6.45) is 0.199. The van der Waals surface area contributed by atoms with Gasteiger partial charge in [0.1, 0.15) is 11.6 Å². The maximum Gasteiger partial charge on any atom is 0.224 e. The predicted molar refractivity (Wildman–Crippen MR) is 65.5 cm³/mol. The zero-order valence-corrected chi connectivity index (χ0v) is 10.9. The Kier molecular flexibility index (Phi) is 5.02. The van der Waals surface area contributed by atoms with Crippen LogP contribution in [0, 0.1) is 17.6 Å². The molecule has 0 bridgehead atoms. The van der Waals surface area contributed by atoms with Crippen molar-refractivity contribution in [3.8, 4) is 0 Å². The van der Waals surface area contributed by atoms with E-state index in [2.05, 4.69) is 21.2 Å². The minimum atomic E-state index is -0.806. The van der Waals surface area contributed by atoms with Gasteiger partial charge in [-0.05, 0) is 34.5 Å². The number of anilines is 1. The van der Waals surface area contributed by atoms with Gasteiger partial charge in [-0.2, -0.15) is 0 Å². The normalized spacial score (nSPS) is 12.3. The second kappa shape index (κ2) is 6.07. The molecule has 0 aliphatic carbocycles. The van der Waals surface area contributed by atoms with Crippen LogP contribution in [-0.2, 0) is 4.79 Å². The molecule has 0 saturated carbocycles. The number of benzene rings is 1. The van der Waals surface area contributed by atoms with Crippen molar-refractivity contribution in [1.29, 1.82) is 0 Å². The van der Waals surface area contributed by atoms with E-state index in [0.29, 0.717) is 12.6 Å². The molecule has 1 unspecified atom stereocenters. The van der Waals surface area contributed by atoms with Gasteiger partial charge in [0, 0.05) is 12.5 Å². The molecule has 0 aliphatic rings. The molecule has 17 heavy (non-hydrogen) atoms.